The minimum absolute atomic E-state index is 0.0163. The van der Waals surface area contributed by atoms with Gasteiger partial charge in [0, 0.05) is 17.7 Å². The molecule has 0 fully saturated rings. The van der Waals surface area contributed by atoms with Crippen molar-refractivity contribution in [3.63, 3.8) is 0 Å². The normalized spacial score (nSPS) is 10.8. The number of methoxy groups -OCH3 is 3. The van der Waals surface area contributed by atoms with Crippen molar-refractivity contribution in [3.05, 3.63) is 136 Å². The first-order chi connectivity index (χ1) is 23.4. The molecule has 0 aliphatic rings. The zero-order valence-corrected chi connectivity index (χ0v) is 26.7. The van der Waals surface area contributed by atoms with Crippen LogP contribution < -0.4 is 33.8 Å². The van der Waals surface area contributed by atoms with Crippen molar-refractivity contribution in [3.8, 4) is 51.6 Å². The van der Waals surface area contributed by atoms with Gasteiger partial charge in [-0.15, -0.1) is 0 Å². The molecule has 1 heterocycles. The van der Waals surface area contributed by atoms with Gasteiger partial charge in [-0.1, -0.05) is 36.4 Å². The van der Waals surface area contributed by atoms with Crippen LogP contribution in [0.3, 0.4) is 0 Å². The molecule has 0 aliphatic heterocycles. The van der Waals surface area contributed by atoms with Crippen LogP contribution in [0.2, 0.25) is 0 Å². The monoisotopic (exact) mass is 646 g/mol. The van der Waals surface area contributed by atoms with E-state index in [0.717, 1.165) is 28.2 Å². The fourth-order valence-electron chi connectivity index (χ4n) is 5.00. The van der Waals surface area contributed by atoms with Gasteiger partial charge in [0.2, 0.25) is 11.2 Å². The lowest BCUT2D eigenvalue weighted by molar-refractivity contribution is 0.291. The van der Waals surface area contributed by atoms with E-state index in [1.165, 1.54) is 0 Å². The van der Waals surface area contributed by atoms with E-state index < -0.39 is 11.2 Å². The standard InChI is InChI=1S/C39H34O9/c1-42-29-12-4-25(5-13-29)22-45-32-18-10-28(11-19-32)39-38(41)37(40)36-34(47-24-27-8-16-31(44-3)17-9-27)20-33(21-35(36)48-39)46-23-26-6-14-30(43-2)15-7-26/h4-21,41H,22-24H2,1-3H3. The Kier molecular flexibility index (Phi) is 9.67. The number of hydrogen-bond donors (Lipinski definition) is 1. The lowest BCUT2D eigenvalue weighted by Gasteiger charge is -2.14. The van der Waals surface area contributed by atoms with Gasteiger partial charge in [0.1, 0.15) is 65.3 Å². The molecule has 244 valence electrons. The Morgan fingerprint density at radius 1 is 0.542 bits per heavy atom. The Morgan fingerprint density at radius 3 is 1.46 bits per heavy atom. The first kappa shape index (κ1) is 31.9. The van der Waals surface area contributed by atoms with E-state index in [1.807, 2.05) is 72.8 Å². The predicted octanol–water partition coefficient (Wildman–Crippen LogP) is 7.93. The minimum atomic E-state index is -0.627. The second-order valence-electron chi connectivity index (χ2n) is 10.8. The smallest absolute Gasteiger partial charge is 0.238 e. The second-order valence-corrected chi connectivity index (χ2v) is 10.8. The molecule has 9 nitrogen and oxygen atoms in total. The summed E-state index contributed by atoms with van der Waals surface area (Å²) in [6.45, 7) is 0.764. The number of aromatic hydroxyl groups is 1. The maximum absolute atomic E-state index is 13.7. The SMILES string of the molecule is COc1ccc(COc2ccc(-c3oc4cc(OCc5ccc(OC)cc5)cc(OCc5ccc(OC)cc5)c4c(=O)c3O)cc2)cc1. The Hall–Kier alpha value is -6.09. The summed E-state index contributed by atoms with van der Waals surface area (Å²) >= 11 is 0. The Labute approximate surface area is 277 Å². The molecular formula is C39H34O9. The molecule has 0 unspecified atom stereocenters. The molecule has 1 N–H and O–H groups in total. The highest BCUT2D eigenvalue weighted by molar-refractivity contribution is 5.88. The number of ether oxygens (including phenoxy) is 6. The van der Waals surface area contributed by atoms with E-state index in [1.54, 1.807) is 57.7 Å². The Balaban J connectivity index is 1.29. The summed E-state index contributed by atoms with van der Waals surface area (Å²) in [6.07, 6.45) is 0. The van der Waals surface area contributed by atoms with Crippen molar-refractivity contribution >= 4 is 11.0 Å². The molecule has 0 saturated heterocycles. The summed E-state index contributed by atoms with van der Waals surface area (Å²) in [5.74, 6) is 2.96. The highest BCUT2D eigenvalue weighted by atomic mass is 16.5. The molecule has 0 spiro atoms. The fraction of sp³-hybridized carbons (Fsp3) is 0.154. The van der Waals surface area contributed by atoms with Crippen molar-refractivity contribution in [2.75, 3.05) is 21.3 Å². The molecule has 1 aromatic heterocycles. The molecule has 0 amide bonds. The van der Waals surface area contributed by atoms with Crippen LogP contribution in [0.25, 0.3) is 22.3 Å². The zero-order chi connectivity index (χ0) is 33.5. The predicted molar refractivity (Wildman–Crippen MR) is 182 cm³/mol. The summed E-state index contributed by atoms with van der Waals surface area (Å²) in [6, 6.07) is 32.7. The number of benzene rings is 5. The lowest BCUT2D eigenvalue weighted by Crippen LogP contribution is -2.07. The van der Waals surface area contributed by atoms with Crippen LogP contribution >= 0.6 is 0 Å². The third-order valence-electron chi connectivity index (χ3n) is 7.71. The van der Waals surface area contributed by atoms with E-state index in [4.69, 9.17) is 32.8 Å². The molecule has 9 heteroatoms. The first-order valence-corrected chi connectivity index (χ1v) is 15.2. The minimum Gasteiger partial charge on any atom is -0.502 e. The summed E-state index contributed by atoms with van der Waals surface area (Å²) < 4.78 is 40.1. The van der Waals surface area contributed by atoms with Gasteiger partial charge in [0.05, 0.1) is 21.3 Å². The molecule has 6 rings (SSSR count). The quantitative estimate of drug-likeness (QED) is 0.134. The van der Waals surface area contributed by atoms with Crippen molar-refractivity contribution in [2.24, 2.45) is 0 Å². The van der Waals surface area contributed by atoms with Crippen LogP contribution in [-0.4, -0.2) is 26.4 Å². The van der Waals surface area contributed by atoms with E-state index in [0.29, 0.717) is 29.4 Å². The molecule has 0 saturated carbocycles. The van der Waals surface area contributed by atoms with Crippen molar-refractivity contribution in [1.29, 1.82) is 0 Å². The lowest BCUT2D eigenvalue weighted by atomic mass is 10.1. The largest absolute Gasteiger partial charge is 0.502 e. The Morgan fingerprint density at radius 2 is 0.979 bits per heavy atom. The molecule has 0 bridgehead atoms. The fourth-order valence-corrected chi connectivity index (χ4v) is 5.00. The Bertz CT molecular complexity index is 2030. The molecule has 48 heavy (non-hydrogen) atoms. The van der Waals surface area contributed by atoms with Gasteiger partial charge in [0.25, 0.3) is 0 Å². The topological polar surface area (TPSA) is 106 Å². The summed E-state index contributed by atoms with van der Waals surface area (Å²) in [4.78, 5) is 13.7. The molecule has 6 aromatic rings. The molecule has 0 aliphatic carbocycles. The van der Waals surface area contributed by atoms with E-state index in [2.05, 4.69) is 0 Å². The van der Waals surface area contributed by atoms with Crippen LogP contribution in [0.4, 0.5) is 0 Å². The van der Waals surface area contributed by atoms with Crippen LogP contribution in [-0.2, 0) is 19.8 Å². The number of fused-ring (bicyclic) bond motifs is 1. The van der Waals surface area contributed by atoms with Crippen LogP contribution in [0, 0.1) is 0 Å². The van der Waals surface area contributed by atoms with Gasteiger partial charge in [-0.2, -0.15) is 0 Å². The maximum atomic E-state index is 13.7. The van der Waals surface area contributed by atoms with Crippen LogP contribution in [0.1, 0.15) is 16.7 Å². The first-order valence-electron chi connectivity index (χ1n) is 15.2. The second kappa shape index (κ2) is 14.6. The molecule has 5 aromatic carbocycles. The van der Waals surface area contributed by atoms with Gasteiger partial charge < -0.3 is 37.9 Å². The van der Waals surface area contributed by atoms with Crippen LogP contribution in [0.15, 0.2) is 118 Å². The van der Waals surface area contributed by atoms with Gasteiger partial charge in [-0.25, -0.2) is 0 Å². The van der Waals surface area contributed by atoms with Crippen molar-refractivity contribution in [2.45, 2.75) is 19.8 Å². The highest BCUT2D eigenvalue weighted by Crippen LogP contribution is 2.37. The van der Waals surface area contributed by atoms with Gasteiger partial charge in [-0.05, 0) is 77.4 Å². The number of rotatable bonds is 13. The third kappa shape index (κ3) is 7.31. The maximum Gasteiger partial charge on any atom is 0.238 e. The van der Waals surface area contributed by atoms with Gasteiger partial charge in [-0.3, -0.25) is 4.79 Å². The van der Waals surface area contributed by atoms with E-state index in [-0.39, 0.29) is 35.7 Å². The molecular weight excluding hydrogens is 612 g/mol. The van der Waals surface area contributed by atoms with E-state index >= 15 is 0 Å². The number of hydrogen-bond acceptors (Lipinski definition) is 9. The van der Waals surface area contributed by atoms with Gasteiger partial charge >= 0.3 is 0 Å². The summed E-state index contributed by atoms with van der Waals surface area (Å²) in [5.41, 5.74) is 2.82. The third-order valence-corrected chi connectivity index (χ3v) is 7.71. The summed E-state index contributed by atoms with van der Waals surface area (Å²) in [7, 11) is 4.83. The van der Waals surface area contributed by atoms with Crippen LogP contribution in [0.5, 0.6) is 40.2 Å². The average Bonchev–Trinajstić information content (AvgIpc) is 3.14. The summed E-state index contributed by atoms with van der Waals surface area (Å²) in [5, 5.41) is 11.2. The van der Waals surface area contributed by atoms with Gasteiger partial charge in [0.15, 0.2) is 5.76 Å². The van der Waals surface area contributed by atoms with Crippen molar-refractivity contribution < 1.29 is 37.9 Å². The zero-order valence-electron chi connectivity index (χ0n) is 26.7. The molecule has 0 radical (unpaired) electrons. The van der Waals surface area contributed by atoms with E-state index in [9.17, 15) is 9.90 Å². The van der Waals surface area contributed by atoms with Crippen molar-refractivity contribution in [1.82, 2.24) is 0 Å². The molecule has 0 atom stereocenters. The average molecular weight is 647 g/mol. The highest BCUT2D eigenvalue weighted by Gasteiger charge is 2.20.